The molecule has 1 aliphatic rings. The number of hydrogen-bond acceptors (Lipinski definition) is 4. The zero-order valence-electron chi connectivity index (χ0n) is 18.2. The molecule has 1 aliphatic heterocycles. The van der Waals surface area contributed by atoms with Gasteiger partial charge < -0.3 is 10.1 Å². The molecule has 0 radical (unpaired) electrons. The van der Waals surface area contributed by atoms with Crippen LogP contribution in [0.25, 0.3) is 0 Å². The molecule has 0 spiro atoms. The van der Waals surface area contributed by atoms with Crippen LogP contribution in [0.4, 0.5) is 26.3 Å². The molecular weight excluding hydrogens is 440 g/mol. The molecule has 0 aromatic rings. The third-order valence-electron chi connectivity index (χ3n) is 4.32. The van der Waals surface area contributed by atoms with Crippen molar-refractivity contribution in [3.63, 3.8) is 0 Å². The number of alkyl halides is 6. The molecule has 0 bridgehead atoms. The van der Waals surface area contributed by atoms with E-state index in [1.807, 2.05) is 6.92 Å². The molecule has 5 nitrogen and oxygen atoms in total. The highest BCUT2D eigenvalue weighted by Gasteiger charge is 2.39. The van der Waals surface area contributed by atoms with Gasteiger partial charge in [-0.05, 0) is 31.3 Å². The number of hydrogen-bond donors (Lipinski definition) is 1. The van der Waals surface area contributed by atoms with Crippen molar-refractivity contribution in [3.8, 4) is 0 Å². The molecule has 32 heavy (non-hydrogen) atoms. The van der Waals surface area contributed by atoms with E-state index in [4.69, 9.17) is 4.74 Å². The third kappa shape index (κ3) is 8.51. The van der Waals surface area contributed by atoms with Gasteiger partial charge in [-0.1, -0.05) is 32.4 Å². The van der Waals surface area contributed by atoms with Gasteiger partial charge in [-0.3, -0.25) is 9.79 Å². The zero-order chi connectivity index (χ0) is 24.4. The topological polar surface area (TPSA) is 63.0 Å². The standard InChI is InChI=1S/C21H27F6N3O2/c1-4-7-14-9-10-15(20(22,23)24)13-30-19(14)32-12-6-11-29-18(31)16(8-5-2)17(28-3)21(25,26)27/h8,10,13H,4-7,9,11-12H2,1-3H3,(H,29,31)/b16-8+,28-17+. The van der Waals surface area contributed by atoms with Crippen LogP contribution >= 0.6 is 0 Å². The van der Waals surface area contributed by atoms with Crippen LogP contribution in [-0.2, 0) is 9.53 Å². The van der Waals surface area contributed by atoms with Crippen molar-refractivity contribution in [1.82, 2.24) is 5.32 Å². The van der Waals surface area contributed by atoms with Gasteiger partial charge >= 0.3 is 12.4 Å². The summed E-state index contributed by atoms with van der Waals surface area (Å²) in [6.07, 6.45) is -4.69. The van der Waals surface area contributed by atoms with Crippen molar-refractivity contribution in [2.45, 2.75) is 58.3 Å². The number of amides is 1. The molecule has 0 aliphatic carbocycles. The lowest BCUT2D eigenvalue weighted by Gasteiger charge is -2.14. The van der Waals surface area contributed by atoms with E-state index in [-0.39, 0.29) is 38.3 Å². The second-order valence-corrected chi connectivity index (χ2v) is 6.83. The van der Waals surface area contributed by atoms with Gasteiger partial charge in [0.1, 0.15) is 0 Å². The molecule has 1 N–H and O–H groups in total. The van der Waals surface area contributed by atoms with E-state index in [2.05, 4.69) is 15.3 Å². The Hall–Kier alpha value is -2.59. The molecule has 0 unspecified atom stereocenters. The van der Waals surface area contributed by atoms with E-state index in [0.717, 1.165) is 19.2 Å². The maximum Gasteiger partial charge on any atom is 0.433 e. The van der Waals surface area contributed by atoms with Crippen LogP contribution in [0.15, 0.2) is 44.7 Å². The number of rotatable bonds is 10. The highest BCUT2D eigenvalue weighted by atomic mass is 19.4. The lowest BCUT2D eigenvalue weighted by molar-refractivity contribution is -0.117. The first-order valence-electron chi connectivity index (χ1n) is 10.1. The van der Waals surface area contributed by atoms with Gasteiger partial charge in [-0.15, -0.1) is 0 Å². The minimum atomic E-state index is -4.76. The van der Waals surface area contributed by atoms with Crippen molar-refractivity contribution in [2.24, 2.45) is 9.98 Å². The van der Waals surface area contributed by atoms with Crippen molar-refractivity contribution < 1.29 is 35.9 Å². The van der Waals surface area contributed by atoms with Crippen LogP contribution in [0, 0.1) is 0 Å². The summed E-state index contributed by atoms with van der Waals surface area (Å²) in [5.41, 5.74) is -2.06. The van der Waals surface area contributed by atoms with Crippen molar-refractivity contribution in [2.75, 3.05) is 20.2 Å². The summed E-state index contributed by atoms with van der Waals surface area (Å²) < 4.78 is 83.5. The van der Waals surface area contributed by atoms with Gasteiger partial charge in [0.05, 0.1) is 17.8 Å². The minimum absolute atomic E-state index is 0.000888. The summed E-state index contributed by atoms with van der Waals surface area (Å²) in [5.74, 6) is -0.820. The molecule has 0 aromatic heterocycles. The van der Waals surface area contributed by atoms with Crippen molar-refractivity contribution in [3.05, 3.63) is 34.8 Å². The van der Waals surface area contributed by atoms with Crippen molar-refractivity contribution >= 4 is 17.8 Å². The number of nitrogens with one attached hydrogen (secondary N) is 1. The van der Waals surface area contributed by atoms with E-state index in [9.17, 15) is 31.1 Å². The number of ether oxygens (including phenoxy) is 1. The minimum Gasteiger partial charge on any atom is -0.478 e. The average molecular weight is 467 g/mol. The third-order valence-corrected chi connectivity index (χ3v) is 4.32. The molecule has 180 valence electrons. The van der Waals surface area contributed by atoms with Crippen LogP contribution in [-0.4, -0.2) is 50.4 Å². The first-order valence-corrected chi connectivity index (χ1v) is 10.1. The van der Waals surface area contributed by atoms with Gasteiger partial charge in [-0.2, -0.15) is 26.3 Å². The molecule has 0 atom stereocenters. The van der Waals surface area contributed by atoms with Crippen LogP contribution < -0.4 is 5.32 Å². The van der Waals surface area contributed by atoms with Crippen LogP contribution in [0.2, 0.25) is 0 Å². The number of allylic oxidation sites excluding steroid dienone is 4. The lowest BCUT2D eigenvalue weighted by Crippen LogP contribution is -2.35. The molecule has 0 saturated carbocycles. The predicted octanol–water partition coefficient (Wildman–Crippen LogP) is 5.45. The Kier molecular flexibility index (Phi) is 10.7. The molecule has 0 aromatic carbocycles. The predicted molar refractivity (Wildman–Crippen MR) is 111 cm³/mol. The van der Waals surface area contributed by atoms with E-state index in [1.54, 1.807) is 6.92 Å². The first kappa shape index (κ1) is 27.4. The largest absolute Gasteiger partial charge is 0.478 e. The average Bonchev–Trinajstić information content (AvgIpc) is 2.89. The Morgan fingerprint density at radius 3 is 2.47 bits per heavy atom. The Balaban J connectivity index is 2.70. The summed E-state index contributed by atoms with van der Waals surface area (Å²) >= 11 is 0. The maximum atomic E-state index is 13.1. The molecule has 1 amide bonds. The number of aliphatic imine (C=N–C) groups is 2. The van der Waals surface area contributed by atoms with Crippen LogP contribution in [0.5, 0.6) is 0 Å². The summed E-state index contributed by atoms with van der Waals surface area (Å²) in [4.78, 5) is 19.2. The van der Waals surface area contributed by atoms with E-state index < -0.39 is 35.1 Å². The fourth-order valence-corrected chi connectivity index (χ4v) is 2.87. The monoisotopic (exact) mass is 467 g/mol. The van der Waals surface area contributed by atoms with E-state index >= 15 is 0 Å². The van der Waals surface area contributed by atoms with E-state index in [1.165, 1.54) is 0 Å². The number of halogens is 6. The Morgan fingerprint density at radius 1 is 1.25 bits per heavy atom. The normalized spacial score (nSPS) is 16.1. The highest BCUT2D eigenvalue weighted by molar-refractivity contribution is 6.23. The zero-order valence-corrected chi connectivity index (χ0v) is 18.2. The second kappa shape index (κ2) is 12.4. The summed E-state index contributed by atoms with van der Waals surface area (Å²) in [5, 5.41) is 2.39. The molecule has 0 fully saturated rings. The van der Waals surface area contributed by atoms with Gasteiger partial charge in [0.2, 0.25) is 5.88 Å². The number of nitrogens with zero attached hydrogens (tertiary/aromatic N) is 2. The first-order chi connectivity index (χ1) is 15.0. The highest BCUT2D eigenvalue weighted by Crippen LogP contribution is 2.29. The fourth-order valence-electron chi connectivity index (χ4n) is 2.87. The molecular formula is C21H27F6N3O2. The smallest absolute Gasteiger partial charge is 0.433 e. The molecule has 11 heteroatoms. The lowest BCUT2D eigenvalue weighted by atomic mass is 10.1. The van der Waals surface area contributed by atoms with Gasteiger partial charge in [0, 0.05) is 19.8 Å². The molecule has 1 rings (SSSR count). The Morgan fingerprint density at radius 2 is 1.94 bits per heavy atom. The van der Waals surface area contributed by atoms with Gasteiger partial charge in [0.15, 0.2) is 5.71 Å². The Bertz CT molecular complexity index is 805. The fraction of sp³-hybridized carbons (Fsp3) is 0.571. The second-order valence-electron chi connectivity index (χ2n) is 6.83. The number of carbonyl (C=O) groups is 1. The maximum absolute atomic E-state index is 13.1. The number of carbonyl (C=O) groups excluding carboxylic acids is 1. The van der Waals surface area contributed by atoms with Crippen molar-refractivity contribution in [1.29, 1.82) is 0 Å². The molecule has 0 saturated heterocycles. The molecule has 1 heterocycles. The summed E-state index contributed by atoms with van der Waals surface area (Å²) in [6.45, 7) is 3.49. The van der Waals surface area contributed by atoms with Gasteiger partial charge in [-0.25, -0.2) is 4.99 Å². The Labute approximate surface area is 183 Å². The van der Waals surface area contributed by atoms with Crippen LogP contribution in [0.3, 0.4) is 0 Å². The summed E-state index contributed by atoms with van der Waals surface area (Å²) in [7, 11) is 0.960. The van der Waals surface area contributed by atoms with E-state index in [0.29, 0.717) is 24.6 Å². The summed E-state index contributed by atoms with van der Waals surface area (Å²) in [6, 6.07) is 0. The quantitative estimate of drug-likeness (QED) is 0.201. The van der Waals surface area contributed by atoms with Crippen LogP contribution in [0.1, 0.15) is 46.0 Å². The van der Waals surface area contributed by atoms with Gasteiger partial charge in [0.25, 0.3) is 5.91 Å². The SMILES string of the molecule is CC/C=C(C(=O)NCCCOC1=C(CCC)CC=C(C(F)(F)F)C=N1)\C(=N/C)C(F)(F)F.